The van der Waals surface area contributed by atoms with Crippen LogP contribution in [0.25, 0.3) is 0 Å². The molecule has 2 aromatic carbocycles. The number of methoxy groups -OCH3 is 1. The van der Waals surface area contributed by atoms with E-state index >= 15 is 0 Å². The van der Waals surface area contributed by atoms with Gasteiger partial charge in [-0.3, -0.25) is 9.52 Å². The molecular formula is C18H20N2O6S2. The normalized spacial score (nSPS) is 18.4. The van der Waals surface area contributed by atoms with Crippen LogP contribution in [0.3, 0.4) is 0 Å². The van der Waals surface area contributed by atoms with Crippen LogP contribution in [-0.4, -0.2) is 47.4 Å². The summed E-state index contributed by atoms with van der Waals surface area (Å²) in [5.74, 6) is 0.0569. The van der Waals surface area contributed by atoms with Gasteiger partial charge in [0.1, 0.15) is 5.75 Å². The molecule has 1 amide bonds. The lowest BCUT2D eigenvalue weighted by molar-refractivity contribution is 0.0941. The number of ether oxygens (including phenoxy) is 1. The summed E-state index contributed by atoms with van der Waals surface area (Å²) < 4.78 is 55.5. The van der Waals surface area contributed by atoms with Crippen molar-refractivity contribution in [2.24, 2.45) is 0 Å². The molecule has 0 aliphatic carbocycles. The fourth-order valence-corrected chi connectivity index (χ4v) is 5.59. The zero-order valence-electron chi connectivity index (χ0n) is 15.1. The highest BCUT2D eigenvalue weighted by Gasteiger charge is 2.29. The van der Waals surface area contributed by atoms with Gasteiger partial charge in [-0.1, -0.05) is 6.07 Å². The van der Waals surface area contributed by atoms with Crippen molar-refractivity contribution in [2.45, 2.75) is 17.4 Å². The van der Waals surface area contributed by atoms with Gasteiger partial charge in [0.2, 0.25) is 0 Å². The minimum atomic E-state index is -3.84. The Morgan fingerprint density at radius 3 is 2.46 bits per heavy atom. The van der Waals surface area contributed by atoms with E-state index < -0.39 is 31.8 Å². The number of carbonyl (C=O) groups excluding carboxylic acids is 1. The van der Waals surface area contributed by atoms with Crippen LogP contribution in [0.1, 0.15) is 16.8 Å². The number of sulfone groups is 1. The maximum Gasteiger partial charge on any atom is 0.261 e. The van der Waals surface area contributed by atoms with Crippen LogP contribution in [0.5, 0.6) is 5.75 Å². The maximum absolute atomic E-state index is 12.5. The molecule has 0 spiro atoms. The largest absolute Gasteiger partial charge is 0.497 e. The number of benzene rings is 2. The summed E-state index contributed by atoms with van der Waals surface area (Å²) in [5, 5.41) is 2.68. The zero-order valence-corrected chi connectivity index (χ0v) is 16.7. The second kappa shape index (κ2) is 7.80. The molecule has 1 fully saturated rings. The predicted molar refractivity (Wildman–Crippen MR) is 105 cm³/mol. The molecule has 0 saturated carbocycles. The predicted octanol–water partition coefficient (Wildman–Crippen LogP) is 1.41. The second-order valence-electron chi connectivity index (χ2n) is 6.44. The molecule has 3 rings (SSSR count). The first-order valence-corrected chi connectivity index (χ1v) is 11.8. The van der Waals surface area contributed by atoms with Gasteiger partial charge in [0.15, 0.2) is 9.84 Å². The third-order valence-electron chi connectivity index (χ3n) is 4.31. The number of carbonyl (C=O) groups is 1. The van der Waals surface area contributed by atoms with Crippen LogP contribution in [-0.2, 0) is 19.9 Å². The Balaban J connectivity index is 1.72. The van der Waals surface area contributed by atoms with Crippen molar-refractivity contribution in [3.8, 4) is 5.75 Å². The average Bonchev–Trinajstić information content (AvgIpc) is 3.00. The van der Waals surface area contributed by atoms with E-state index in [1.165, 1.54) is 49.6 Å². The molecule has 0 aromatic heterocycles. The summed E-state index contributed by atoms with van der Waals surface area (Å²) in [6.07, 6.45) is 0.373. The topological polar surface area (TPSA) is 119 Å². The third kappa shape index (κ3) is 4.82. The van der Waals surface area contributed by atoms with Gasteiger partial charge in [-0.25, -0.2) is 16.8 Å². The van der Waals surface area contributed by atoms with Crippen molar-refractivity contribution in [2.75, 3.05) is 23.3 Å². The first-order valence-electron chi connectivity index (χ1n) is 8.47. The highest BCUT2D eigenvalue weighted by Crippen LogP contribution is 2.20. The van der Waals surface area contributed by atoms with Crippen LogP contribution in [0.4, 0.5) is 5.69 Å². The van der Waals surface area contributed by atoms with Crippen LogP contribution in [0, 0.1) is 0 Å². The number of amides is 1. The molecule has 0 bridgehead atoms. The highest BCUT2D eigenvalue weighted by atomic mass is 32.2. The van der Waals surface area contributed by atoms with E-state index in [-0.39, 0.29) is 27.7 Å². The summed E-state index contributed by atoms with van der Waals surface area (Å²) in [4.78, 5) is 12.4. The fourth-order valence-electron chi connectivity index (χ4n) is 2.87. The van der Waals surface area contributed by atoms with Gasteiger partial charge in [-0.15, -0.1) is 0 Å². The Kier molecular flexibility index (Phi) is 5.61. The highest BCUT2D eigenvalue weighted by molar-refractivity contribution is 7.92. The molecule has 8 nitrogen and oxygen atoms in total. The van der Waals surface area contributed by atoms with Crippen LogP contribution >= 0.6 is 0 Å². The average molecular weight is 425 g/mol. The van der Waals surface area contributed by atoms with E-state index in [0.29, 0.717) is 12.2 Å². The van der Waals surface area contributed by atoms with Gasteiger partial charge in [-0.2, -0.15) is 0 Å². The Morgan fingerprint density at radius 2 is 1.86 bits per heavy atom. The van der Waals surface area contributed by atoms with Gasteiger partial charge in [-0.05, 0) is 48.9 Å². The van der Waals surface area contributed by atoms with Crippen molar-refractivity contribution in [3.63, 3.8) is 0 Å². The van der Waals surface area contributed by atoms with Gasteiger partial charge in [0, 0.05) is 17.3 Å². The summed E-state index contributed by atoms with van der Waals surface area (Å²) in [7, 11) is -5.46. The first kappa shape index (κ1) is 20.2. The molecule has 1 aliphatic rings. The SMILES string of the molecule is COc1ccc(S(=O)(=O)Nc2cccc(C(=O)N[C@@H]3CCS(=O)(=O)C3)c2)cc1. The lowest BCUT2D eigenvalue weighted by Gasteiger charge is -2.12. The van der Waals surface area contributed by atoms with E-state index in [0.717, 1.165) is 0 Å². The summed E-state index contributed by atoms with van der Waals surface area (Å²) in [5.41, 5.74) is 0.460. The molecular weight excluding hydrogens is 404 g/mol. The van der Waals surface area contributed by atoms with E-state index in [2.05, 4.69) is 10.0 Å². The molecule has 2 N–H and O–H groups in total. The number of hydrogen-bond acceptors (Lipinski definition) is 6. The number of rotatable bonds is 6. The summed E-state index contributed by atoms with van der Waals surface area (Å²) in [6, 6.07) is 11.5. The minimum absolute atomic E-state index is 0.0549. The Hall–Kier alpha value is -2.59. The van der Waals surface area contributed by atoms with Gasteiger partial charge < -0.3 is 10.1 Å². The van der Waals surface area contributed by atoms with Gasteiger partial charge in [0.25, 0.3) is 15.9 Å². The molecule has 0 radical (unpaired) electrons. The quantitative estimate of drug-likeness (QED) is 0.724. The molecule has 1 saturated heterocycles. The molecule has 0 unspecified atom stereocenters. The van der Waals surface area contributed by atoms with E-state index in [9.17, 15) is 21.6 Å². The van der Waals surface area contributed by atoms with E-state index in [1.54, 1.807) is 6.07 Å². The lowest BCUT2D eigenvalue weighted by Crippen LogP contribution is -2.35. The zero-order chi connectivity index (χ0) is 20.4. The minimum Gasteiger partial charge on any atom is -0.497 e. The Morgan fingerprint density at radius 1 is 1.14 bits per heavy atom. The number of nitrogens with one attached hydrogen (secondary N) is 2. The van der Waals surface area contributed by atoms with Crippen molar-refractivity contribution < 1.29 is 26.4 Å². The number of hydrogen-bond donors (Lipinski definition) is 2. The third-order valence-corrected chi connectivity index (χ3v) is 7.48. The van der Waals surface area contributed by atoms with E-state index in [1.807, 2.05) is 0 Å². The van der Waals surface area contributed by atoms with Gasteiger partial charge in [0.05, 0.1) is 23.5 Å². The van der Waals surface area contributed by atoms with Gasteiger partial charge >= 0.3 is 0 Å². The second-order valence-corrected chi connectivity index (χ2v) is 10.3. The Bertz CT molecular complexity index is 1080. The van der Waals surface area contributed by atoms with E-state index in [4.69, 9.17) is 4.74 Å². The molecule has 10 heteroatoms. The standard InChI is InChI=1S/C18H20N2O6S2/c1-26-16-5-7-17(8-6-16)28(24,25)20-14-4-2-3-13(11-14)18(21)19-15-9-10-27(22,23)12-15/h2-8,11,15,20H,9-10,12H2,1H3,(H,19,21)/t15-/m1/s1. The first-order chi connectivity index (χ1) is 13.2. The summed E-state index contributed by atoms with van der Waals surface area (Å²) >= 11 is 0. The molecule has 2 aromatic rings. The molecule has 1 heterocycles. The molecule has 1 aliphatic heterocycles. The smallest absolute Gasteiger partial charge is 0.261 e. The molecule has 1 atom stereocenters. The molecule has 28 heavy (non-hydrogen) atoms. The van der Waals surface area contributed by atoms with Crippen molar-refractivity contribution in [3.05, 3.63) is 54.1 Å². The van der Waals surface area contributed by atoms with Crippen LogP contribution in [0.15, 0.2) is 53.4 Å². The monoisotopic (exact) mass is 424 g/mol. The van der Waals surface area contributed by atoms with Crippen molar-refractivity contribution in [1.29, 1.82) is 0 Å². The Labute approximate surface area is 163 Å². The summed E-state index contributed by atoms with van der Waals surface area (Å²) in [6.45, 7) is 0. The fraction of sp³-hybridized carbons (Fsp3) is 0.278. The van der Waals surface area contributed by atoms with Crippen molar-refractivity contribution >= 4 is 31.5 Å². The number of sulfonamides is 1. The van der Waals surface area contributed by atoms with Crippen LogP contribution in [0.2, 0.25) is 0 Å². The van der Waals surface area contributed by atoms with Crippen molar-refractivity contribution in [1.82, 2.24) is 5.32 Å². The molecule has 150 valence electrons. The maximum atomic E-state index is 12.5. The number of anilines is 1. The van der Waals surface area contributed by atoms with Crippen LogP contribution < -0.4 is 14.8 Å². The lowest BCUT2D eigenvalue weighted by atomic mass is 10.1.